The molecule has 1 aromatic rings. The predicted molar refractivity (Wildman–Crippen MR) is 83.0 cm³/mol. The Labute approximate surface area is 126 Å². The number of ether oxygens (including phenoxy) is 1. The molecule has 1 aromatic carbocycles. The van der Waals surface area contributed by atoms with E-state index in [9.17, 15) is 9.90 Å². The van der Waals surface area contributed by atoms with E-state index >= 15 is 0 Å². The third kappa shape index (κ3) is 5.02. The summed E-state index contributed by atoms with van der Waals surface area (Å²) in [6.45, 7) is 5.06. The first-order valence-corrected chi connectivity index (χ1v) is 7.35. The highest BCUT2D eigenvalue weighted by Crippen LogP contribution is 2.24. The molecule has 1 rings (SSSR count). The van der Waals surface area contributed by atoms with Crippen molar-refractivity contribution in [3.05, 3.63) is 29.8 Å². The lowest BCUT2D eigenvalue weighted by molar-refractivity contribution is -0.134. The van der Waals surface area contributed by atoms with Crippen LogP contribution < -0.4 is 5.73 Å². The second-order valence-corrected chi connectivity index (χ2v) is 5.14. The van der Waals surface area contributed by atoms with Crippen LogP contribution in [-0.4, -0.2) is 42.2 Å². The zero-order chi connectivity index (χ0) is 15.8. The molecule has 0 aliphatic carbocycles. The van der Waals surface area contributed by atoms with Crippen molar-refractivity contribution in [2.24, 2.45) is 5.73 Å². The summed E-state index contributed by atoms with van der Waals surface area (Å²) < 4.78 is 4.98. The molecule has 0 spiro atoms. The molecule has 2 unspecified atom stereocenters. The zero-order valence-corrected chi connectivity index (χ0v) is 13.1. The maximum Gasteiger partial charge on any atom is 0.239 e. The highest BCUT2D eigenvalue weighted by molar-refractivity contribution is 5.82. The van der Waals surface area contributed by atoms with Crippen molar-refractivity contribution < 1.29 is 14.6 Å². The number of phenols is 1. The number of amides is 1. The van der Waals surface area contributed by atoms with E-state index in [1.807, 2.05) is 19.9 Å². The molecular weight excluding hydrogens is 268 g/mol. The van der Waals surface area contributed by atoms with Crippen molar-refractivity contribution in [3.63, 3.8) is 0 Å². The van der Waals surface area contributed by atoms with Crippen LogP contribution in [0, 0.1) is 0 Å². The van der Waals surface area contributed by atoms with E-state index < -0.39 is 6.04 Å². The maximum atomic E-state index is 12.5. The third-order valence-electron chi connectivity index (χ3n) is 3.62. The van der Waals surface area contributed by atoms with Gasteiger partial charge in [0, 0.05) is 20.3 Å². The number of rotatable bonds is 8. The Morgan fingerprint density at radius 2 is 2.19 bits per heavy atom. The first-order chi connectivity index (χ1) is 10.0. The van der Waals surface area contributed by atoms with Gasteiger partial charge in [0.25, 0.3) is 0 Å². The van der Waals surface area contributed by atoms with Gasteiger partial charge in [-0.2, -0.15) is 0 Å². The fraction of sp³-hybridized carbons (Fsp3) is 0.562. The van der Waals surface area contributed by atoms with Gasteiger partial charge in [-0.05, 0) is 44.4 Å². The molecule has 2 atom stereocenters. The predicted octanol–water partition coefficient (Wildman–Crippen LogP) is 2.06. The van der Waals surface area contributed by atoms with Crippen LogP contribution in [0.4, 0.5) is 0 Å². The van der Waals surface area contributed by atoms with E-state index in [1.165, 1.54) is 0 Å². The summed E-state index contributed by atoms with van der Waals surface area (Å²) in [5, 5.41) is 9.57. The normalized spacial score (nSPS) is 13.7. The Hall–Kier alpha value is -1.59. The maximum absolute atomic E-state index is 12.5. The molecule has 0 fully saturated rings. The zero-order valence-electron chi connectivity index (χ0n) is 13.1. The summed E-state index contributed by atoms with van der Waals surface area (Å²) >= 11 is 0. The van der Waals surface area contributed by atoms with E-state index in [1.54, 1.807) is 30.2 Å². The number of aromatic hydroxyl groups is 1. The van der Waals surface area contributed by atoms with Gasteiger partial charge in [-0.1, -0.05) is 12.1 Å². The van der Waals surface area contributed by atoms with Crippen molar-refractivity contribution in [2.45, 2.75) is 38.8 Å². The van der Waals surface area contributed by atoms with E-state index in [0.29, 0.717) is 19.6 Å². The molecule has 5 nitrogen and oxygen atoms in total. The lowest BCUT2D eigenvalue weighted by atomic mass is 10.0. The molecule has 1 amide bonds. The van der Waals surface area contributed by atoms with Gasteiger partial charge in [-0.3, -0.25) is 4.79 Å². The van der Waals surface area contributed by atoms with Crippen molar-refractivity contribution in [1.82, 2.24) is 4.90 Å². The van der Waals surface area contributed by atoms with Crippen LogP contribution in [0.3, 0.4) is 0 Å². The standard InChI is InChI=1S/C16H26N2O3/c1-4-18(16(20)15(17)9-6-10-21-3)12(2)13-7-5-8-14(19)11-13/h5,7-8,11-12,15,19H,4,6,9-10,17H2,1-3H3. The van der Waals surface area contributed by atoms with E-state index in [2.05, 4.69) is 0 Å². The summed E-state index contributed by atoms with van der Waals surface area (Å²) in [5.74, 6) is 0.136. The molecule has 118 valence electrons. The molecule has 0 radical (unpaired) electrons. The highest BCUT2D eigenvalue weighted by Gasteiger charge is 2.24. The number of phenolic OH excluding ortho intramolecular Hbond substituents is 1. The summed E-state index contributed by atoms with van der Waals surface area (Å²) in [6.07, 6.45) is 1.37. The fourth-order valence-corrected chi connectivity index (χ4v) is 2.37. The third-order valence-corrected chi connectivity index (χ3v) is 3.62. The number of carbonyl (C=O) groups excluding carboxylic acids is 1. The molecule has 0 saturated heterocycles. The van der Waals surface area contributed by atoms with Crippen molar-refractivity contribution in [2.75, 3.05) is 20.3 Å². The Morgan fingerprint density at radius 3 is 2.76 bits per heavy atom. The van der Waals surface area contributed by atoms with Gasteiger partial charge in [-0.25, -0.2) is 0 Å². The number of hydrogen-bond donors (Lipinski definition) is 2. The van der Waals surface area contributed by atoms with Crippen LogP contribution in [-0.2, 0) is 9.53 Å². The van der Waals surface area contributed by atoms with Crippen LogP contribution in [0.25, 0.3) is 0 Å². The molecule has 0 saturated carbocycles. The monoisotopic (exact) mass is 294 g/mol. The first-order valence-electron chi connectivity index (χ1n) is 7.35. The number of carbonyl (C=O) groups is 1. The van der Waals surface area contributed by atoms with Crippen molar-refractivity contribution in [1.29, 1.82) is 0 Å². The van der Waals surface area contributed by atoms with Gasteiger partial charge in [0.2, 0.25) is 5.91 Å². The Bertz CT molecular complexity index is 451. The molecular formula is C16H26N2O3. The average molecular weight is 294 g/mol. The van der Waals surface area contributed by atoms with E-state index in [0.717, 1.165) is 12.0 Å². The molecule has 5 heteroatoms. The molecule has 0 aliphatic heterocycles. The Kier molecular flexibility index (Phi) is 7.19. The van der Waals surface area contributed by atoms with Gasteiger partial charge in [-0.15, -0.1) is 0 Å². The van der Waals surface area contributed by atoms with Crippen molar-refractivity contribution >= 4 is 5.91 Å². The lowest BCUT2D eigenvalue weighted by Gasteiger charge is -2.31. The van der Waals surface area contributed by atoms with Crippen LogP contribution in [0.1, 0.15) is 38.3 Å². The number of hydrogen-bond acceptors (Lipinski definition) is 4. The number of nitrogens with zero attached hydrogens (tertiary/aromatic N) is 1. The largest absolute Gasteiger partial charge is 0.508 e. The van der Waals surface area contributed by atoms with Gasteiger partial charge < -0.3 is 20.5 Å². The average Bonchev–Trinajstić information content (AvgIpc) is 2.47. The van der Waals surface area contributed by atoms with Gasteiger partial charge in [0.15, 0.2) is 0 Å². The SMILES string of the molecule is CCN(C(=O)C(N)CCCOC)C(C)c1cccc(O)c1. The first kappa shape index (κ1) is 17.5. The summed E-state index contributed by atoms with van der Waals surface area (Å²) in [6, 6.07) is 6.33. The number of methoxy groups -OCH3 is 1. The highest BCUT2D eigenvalue weighted by atomic mass is 16.5. The second kappa shape index (κ2) is 8.64. The minimum atomic E-state index is -0.514. The van der Waals surface area contributed by atoms with Crippen LogP contribution in [0.15, 0.2) is 24.3 Å². The topological polar surface area (TPSA) is 75.8 Å². The summed E-state index contributed by atoms with van der Waals surface area (Å²) in [7, 11) is 1.63. The minimum absolute atomic E-state index is 0.0653. The van der Waals surface area contributed by atoms with Crippen LogP contribution in [0.2, 0.25) is 0 Å². The number of benzene rings is 1. The molecule has 0 aliphatic rings. The Balaban J connectivity index is 2.74. The van der Waals surface area contributed by atoms with Crippen LogP contribution in [0.5, 0.6) is 5.75 Å². The quantitative estimate of drug-likeness (QED) is 0.720. The van der Waals surface area contributed by atoms with Gasteiger partial charge in [0.1, 0.15) is 5.75 Å². The van der Waals surface area contributed by atoms with E-state index in [4.69, 9.17) is 10.5 Å². The smallest absolute Gasteiger partial charge is 0.239 e. The molecule has 21 heavy (non-hydrogen) atoms. The fourth-order valence-electron chi connectivity index (χ4n) is 2.37. The lowest BCUT2D eigenvalue weighted by Crippen LogP contribution is -2.44. The molecule has 0 heterocycles. The van der Waals surface area contributed by atoms with Crippen LogP contribution >= 0.6 is 0 Å². The molecule has 0 bridgehead atoms. The molecule has 0 aromatic heterocycles. The summed E-state index contributed by atoms with van der Waals surface area (Å²) in [5.41, 5.74) is 6.88. The second-order valence-electron chi connectivity index (χ2n) is 5.14. The van der Waals surface area contributed by atoms with E-state index in [-0.39, 0.29) is 17.7 Å². The van der Waals surface area contributed by atoms with Crippen molar-refractivity contribution in [3.8, 4) is 5.75 Å². The Morgan fingerprint density at radius 1 is 1.48 bits per heavy atom. The van der Waals surface area contributed by atoms with Gasteiger partial charge in [0.05, 0.1) is 12.1 Å². The minimum Gasteiger partial charge on any atom is -0.508 e. The molecule has 3 N–H and O–H groups in total. The van der Waals surface area contributed by atoms with Gasteiger partial charge >= 0.3 is 0 Å². The summed E-state index contributed by atoms with van der Waals surface area (Å²) in [4.78, 5) is 14.2. The number of nitrogens with two attached hydrogens (primary N) is 1. The number of likely N-dealkylation sites (N-methyl/N-ethyl adjacent to an activating group) is 1.